The van der Waals surface area contributed by atoms with Gasteiger partial charge in [0.2, 0.25) is 0 Å². The summed E-state index contributed by atoms with van der Waals surface area (Å²) in [7, 11) is 3.53. The Hall–Kier alpha value is -2.01. The summed E-state index contributed by atoms with van der Waals surface area (Å²) in [5, 5.41) is 10.3. The van der Waals surface area contributed by atoms with Crippen molar-refractivity contribution in [3.05, 3.63) is 42.0 Å². The number of imidazole rings is 1. The Morgan fingerprint density at radius 2 is 2.32 bits per heavy atom. The van der Waals surface area contributed by atoms with Crippen LogP contribution in [-0.2, 0) is 7.05 Å². The van der Waals surface area contributed by atoms with Crippen molar-refractivity contribution >= 4 is 0 Å². The summed E-state index contributed by atoms with van der Waals surface area (Å²) < 4.78 is 13.0. The summed E-state index contributed by atoms with van der Waals surface area (Å²) in [5.74, 6) is 1.42. The summed E-state index contributed by atoms with van der Waals surface area (Å²) in [6, 6.07) is 5.48. The molecule has 2 heterocycles. The molecule has 5 heteroatoms. The highest BCUT2D eigenvalue weighted by molar-refractivity contribution is 5.43. The van der Waals surface area contributed by atoms with Crippen molar-refractivity contribution in [3.8, 4) is 11.5 Å². The van der Waals surface area contributed by atoms with Gasteiger partial charge in [-0.3, -0.25) is 0 Å². The van der Waals surface area contributed by atoms with Gasteiger partial charge in [-0.1, -0.05) is 0 Å². The summed E-state index contributed by atoms with van der Waals surface area (Å²) in [5.41, 5.74) is 1.73. The van der Waals surface area contributed by atoms with Crippen LogP contribution in [0.4, 0.5) is 0 Å². The summed E-state index contributed by atoms with van der Waals surface area (Å²) in [4.78, 5) is 4.09. The molecule has 0 radical (unpaired) electrons. The maximum Gasteiger partial charge on any atom is 0.143 e. The Morgan fingerprint density at radius 3 is 3.00 bits per heavy atom. The third-order valence-corrected chi connectivity index (χ3v) is 3.47. The van der Waals surface area contributed by atoms with Crippen LogP contribution in [0.3, 0.4) is 0 Å². The maximum absolute atomic E-state index is 10.3. The number of rotatable bonds is 2. The molecule has 2 atom stereocenters. The van der Waals surface area contributed by atoms with Crippen LogP contribution < -0.4 is 9.47 Å². The highest BCUT2D eigenvalue weighted by Crippen LogP contribution is 2.41. The number of aliphatic hydroxyl groups is 1. The fourth-order valence-electron chi connectivity index (χ4n) is 2.41. The zero-order valence-electron chi connectivity index (χ0n) is 10.9. The zero-order valence-corrected chi connectivity index (χ0v) is 10.9. The Labute approximate surface area is 111 Å². The standard InChI is InChI=1S/C14H16N2O3/c1-16-8-15-7-11(16)14-6-12(17)10-5-9(18-2)3-4-13(10)19-14/h3-5,7-8,12,14,17H,6H2,1-2H3. The van der Waals surface area contributed by atoms with Crippen molar-refractivity contribution in [2.75, 3.05) is 7.11 Å². The zero-order chi connectivity index (χ0) is 13.4. The SMILES string of the molecule is COc1ccc2c(c1)C(O)CC(c1cncn1C)O2. The first-order chi connectivity index (χ1) is 9.19. The van der Waals surface area contributed by atoms with Crippen molar-refractivity contribution in [3.63, 3.8) is 0 Å². The molecule has 1 N–H and O–H groups in total. The molecule has 3 rings (SSSR count). The monoisotopic (exact) mass is 260 g/mol. The van der Waals surface area contributed by atoms with Crippen LogP contribution in [0.1, 0.15) is 29.9 Å². The van der Waals surface area contributed by atoms with Crippen LogP contribution in [0, 0.1) is 0 Å². The third kappa shape index (κ3) is 2.06. The van der Waals surface area contributed by atoms with Gasteiger partial charge in [-0.2, -0.15) is 0 Å². The van der Waals surface area contributed by atoms with E-state index in [2.05, 4.69) is 4.98 Å². The molecule has 1 aliphatic rings. The second kappa shape index (κ2) is 4.59. The number of nitrogens with zero attached hydrogens (tertiary/aromatic N) is 2. The quantitative estimate of drug-likeness (QED) is 0.897. The number of fused-ring (bicyclic) bond motifs is 1. The van der Waals surface area contributed by atoms with Crippen LogP contribution >= 0.6 is 0 Å². The van der Waals surface area contributed by atoms with Crippen molar-refractivity contribution in [2.24, 2.45) is 7.05 Å². The minimum Gasteiger partial charge on any atom is -0.497 e. The van der Waals surface area contributed by atoms with Gasteiger partial charge >= 0.3 is 0 Å². The first-order valence-corrected chi connectivity index (χ1v) is 6.18. The number of aliphatic hydroxyl groups excluding tert-OH is 1. The average Bonchev–Trinajstić information content (AvgIpc) is 2.84. The van der Waals surface area contributed by atoms with E-state index in [1.165, 1.54) is 0 Å². The van der Waals surface area contributed by atoms with Gasteiger partial charge in [0.1, 0.15) is 17.6 Å². The summed E-state index contributed by atoms with van der Waals surface area (Å²) in [6.45, 7) is 0. The van der Waals surface area contributed by atoms with E-state index in [-0.39, 0.29) is 6.10 Å². The van der Waals surface area contributed by atoms with Gasteiger partial charge in [-0.15, -0.1) is 0 Å². The van der Waals surface area contributed by atoms with Crippen LogP contribution in [0.25, 0.3) is 0 Å². The van der Waals surface area contributed by atoms with E-state index in [9.17, 15) is 5.11 Å². The minimum absolute atomic E-state index is 0.177. The molecule has 0 saturated carbocycles. The smallest absolute Gasteiger partial charge is 0.143 e. The normalized spacial score (nSPS) is 21.6. The Balaban J connectivity index is 1.94. The van der Waals surface area contributed by atoms with Crippen molar-refractivity contribution < 1.29 is 14.6 Å². The van der Waals surface area contributed by atoms with Crippen molar-refractivity contribution in [1.29, 1.82) is 0 Å². The number of aromatic nitrogens is 2. The van der Waals surface area contributed by atoms with E-state index in [0.29, 0.717) is 12.2 Å². The molecule has 2 unspecified atom stereocenters. The van der Waals surface area contributed by atoms with Crippen LogP contribution in [0.15, 0.2) is 30.7 Å². The fraction of sp³-hybridized carbons (Fsp3) is 0.357. The summed E-state index contributed by atoms with van der Waals surface area (Å²) in [6.07, 6.45) is 3.28. The topological polar surface area (TPSA) is 56.5 Å². The molecule has 0 bridgehead atoms. The van der Waals surface area contributed by atoms with Gasteiger partial charge in [-0.05, 0) is 18.2 Å². The van der Waals surface area contributed by atoms with Crippen LogP contribution in [0.2, 0.25) is 0 Å². The Morgan fingerprint density at radius 1 is 1.47 bits per heavy atom. The molecular formula is C14H16N2O3. The van der Waals surface area contributed by atoms with Crippen LogP contribution in [0.5, 0.6) is 11.5 Å². The molecule has 1 aliphatic heterocycles. The molecular weight excluding hydrogens is 244 g/mol. The van der Waals surface area contributed by atoms with Gasteiger partial charge in [0.25, 0.3) is 0 Å². The van der Waals surface area contributed by atoms with Crippen molar-refractivity contribution in [1.82, 2.24) is 9.55 Å². The molecule has 0 amide bonds. The van der Waals surface area contributed by atoms with Crippen LogP contribution in [-0.4, -0.2) is 21.8 Å². The lowest BCUT2D eigenvalue weighted by molar-refractivity contribution is 0.0620. The predicted molar refractivity (Wildman–Crippen MR) is 69.1 cm³/mol. The predicted octanol–water partition coefficient (Wildman–Crippen LogP) is 1.99. The number of aryl methyl sites for hydroxylation is 1. The van der Waals surface area contributed by atoms with E-state index >= 15 is 0 Å². The molecule has 1 aromatic heterocycles. The number of hydrogen-bond acceptors (Lipinski definition) is 4. The lowest BCUT2D eigenvalue weighted by Crippen LogP contribution is -2.20. The molecule has 2 aromatic rings. The van der Waals surface area contributed by atoms with E-state index in [0.717, 1.165) is 17.0 Å². The lowest BCUT2D eigenvalue weighted by atomic mass is 9.97. The average molecular weight is 260 g/mol. The molecule has 19 heavy (non-hydrogen) atoms. The highest BCUT2D eigenvalue weighted by Gasteiger charge is 2.29. The van der Waals surface area contributed by atoms with E-state index in [4.69, 9.17) is 9.47 Å². The molecule has 5 nitrogen and oxygen atoms in total. The molecule has 1 aromatic carbocycles. The summed E-state index contributed by atoms with van der Waals surface area (Å²) >= 11 is 0. The largest absolute Gasteiger partial charge is 0.497 e. The third-order valence-electron chi connectivity index (χ3n) is 3.47. The van der Waals surface area contributed by atoms with E-state index in [1.54, 1.807) is 19.6 Å². The second-order valence-electron chi connectivity index (χ2n) is 4.69. The number of methoxy groups -OCH3 is 1. The Kier molecular flexibility index (Phi) is 2.91. The Bertz CT molecular complexity index is 594. The molecule has 0 aliphatic carbocycles. The van der Waals surface area contributed by atoms with Gasteiger partial charge in [0.05, 0.1) is 31.4 Å². The highest BCUT2D eigenvalue weighted by atomic mass is 16.5. The molecule has 100 valence electrons. The number of ether oxygens (including phenoxy) is 2. The maximum atomic E-state index is 10.3. The molecule has 0 spiro atoms. The van der Waals surface area contributed by atoms with Gasteiger partial charge in [0, 0.05) is 19.0 Å². The van der Waals surface area contributed by atoms with Gasteiger partial charge < -0.3 is 19.1 Å². The van der Waals surface area contributed by atoms with Crippen molar-refractivity contribution in [2.45, 2.75) is 18.6 Å². The molecule has 0 fully saturated rings. The van der Waals surface area contributed by atoms with Gasteiger partial charge in [0.15, 0.2) is 0 Å². The first kappa shape index (κ1) is 12.0. The molecule has 0 saturated heterocycles. The minimum atomic E-state index is -0.557. The lowest BCUT2D eigenvalue weighted by Gasteiger charge is -2.29. The second-order valence-corrected chi connectivity index (χ2v) is 4.69. The fourth-order valence-corrected chi connectivity index (χ4v) is 2.41. The van der Waals surface area contributed by atoms with E-state index < -0.39 is 6.10 Å². The van der Waals surface area contributed by atoms with Gasteiger partial charge in [-0.25, -0.2) is 4.98 Å². The number of hydrogen-bond donors (Lipinski definition) is 1. The number of benzene rings is 1. The first-order valence-electron chi connectivity index (χ1n) is 6.18. The van der Waals surface area contributed by atoms with E-state index in [1.807, 2.05) is 29.8 Å².